The first-order valence-electron chi connectivity index (χ1n) is 6.13. The Labute approximate surface area is 112 Å². The van der Waals surface area contributed by atoms with Crippen molar-refractivity contribution in [2.45, 2.75) is 25.1 Å². The van der Waals surface area contributed by atoms with Gasteiger partial charge in [-0.3, -0.25) is 4.79 Å². The molecule has 0 spiro atoms. The number of alkyl halides is 3. The van der Waals surface area contributed by atoms with Crippen LogP contribution in [0.1, 0.15) is 28.8 Å². The number of carbonyl (C=O) groups excluding carboxylic acids is 1. The molecule has 20 heavy (non-hydrogen) atoms. The van der Waals surface area contributed by atoms with Crippen molar-refractivity contribution in [1.29, 1.82) is 0 Å². The summed E-state index contributed by atoms with van der Waals surface area (Å²) in [5.74, 6) is -2.03. The Kier molecular flexibility index (Phi) is 4.27. The second-order valence-electron chi connectivity index (χ2n) is 4.55. The third kappa shape index (κ3) is 3.47. The fraction of sp³-hybridized carbons (Fsp3) is 0.462. The van der Waals surface area contributed by atoms with E-state index in [9.17, 15) is 22.4 Å². The van der Waals surface area contributed by atoms with Crippen molar-refractivity contribution in [3.8, 4) is 0 Å². The van der Waals surface area contributed by atoms with Crippen LogP contribution < -0.4 is 5.32 Å². The Bertz CT molecular complexity index is 496. The smallest absolute Gasteiger partial charge is 0.381 e. The lowest BCUT2D eigenvalue weighted by atomic mass is 10.1. The molecular formula is C13H13F4NO2. The molecule has 1 saturated heterocycles. The lowest BCUT2D eigenvalue weighted by molar-refractivity contribution is -0.140. The molecule has 0 bridgehead atoms. The van der Waals surface area contributed by atoms with Gasteiger partial charge in [-0.2, -0.15) is 13.2 Å². The molecule has 3 nitrogen and oxygen atoms in total. The monoisotopic (exact) mass is 291 g/mol. The first-order valence-corrected chi connectivity index (χ1v) is 6.13. The highest BCUT2D eigenvalue weighted by Crippen LogP contribution is 2.31. The standard InChI is InChI=1S/C13H13F4NO2/c14-11-2-1-8(7-10(11)13(15,16)17)12(19)18-9-3-5-20-6-4-9/h1-2,7,9H,3-6H2,(H,18,19). The zero-order valence-electron chi connectivity index (χ0n) is 10.5. The number of nitrogens with one attached hydrogen (secondary N) is 1. The lowest BCUT2D eigenvalue weighted by Gasteiger charge is -2.23. The molecule has 0 radical (unpaired) electrons. The zero-order valence-corrected chi connectivity index (χ0v) is 10.5. The quantitative estimate of drug-likeness (QED) is 0.851. The predicted octanol–water partition coefficient (Wildman–Crippen LogP) is 2.75. The topological polar surface area (TPSA) is 38.3 Å². The Morgan fingerprint density at radius 1 is 1.25 bits per heavy atom. The van der Waals surface area contributed by atoms with Gasteiger partial charge in [0.05, 0.1) is 5.56 Å². The summed E-state index contributed by atoms with van der Waals surface area (Å²) in [7, 11) is 0. The van der Waals surface area contributed by atoms with Gasteiger partial charge in [-0.15, -0.1) is 0 Å². The summed E-state index contributed by atoms with van der Waals surface area (Å²) in [5, 5.41) is 2.62. The Morgan fingerprint density at radius 2 is 1.90 bits per heavy atom. The molecule has 1 fully saturated rings. The summed E-state index contributed by atoms with van der Waals surface area (Å²) < 4.78 is 55.9. The van der Waals surface area contributed by atoms with Crippen molar-refractivity contribution < 1.29 is 27.1 Å². The van der Waals surface area contributed by atoms with Crippen molar-refractivity contribution >= 4 is 5.91 Å². The van der Waals surface area contributed by atoms with Gasteiger partial charge in [0.25, 0.3) is 5.91 Å². The van der Waals surface area contributed by atoms with Gasteiger partial charge in [0, 0.05) is 24.8 Å². The number of benzene rings is 1. The maximum atomic E-state index is 13.1. The molecule has 1 aromatic rings. The molecular weight excluding hydrogens is 278 g/mol. The highest BCUT2D eigenvalue weighted by molar-refractivity contribution is 5.94. The molecule has 0 aromatic heterocycles. The van der Waals surface area contributed by atoms with Crippen LogP contribution in [0.25, 0.3) is 0 Å². The molecule has 1 heterocycles. The van der Waals surface area contributed by atoms with Crippen LogP contribution in [0.5, 0.6) is 0 Å². The van der Waals surface area contributed by atoms with Crippen LogP contribution in [0.15, 0.2) is 18.2 Å². The predicted molar refractivity (Wildman–Crippen MR) is 62.7 cm³/mol. The van der Waals surface area contributed by atoms with Crippen LogP contribution >= 0.6 is 0 Å². The Balaban J connectivity index is 2.13. The minimum atomic E-state index is -4.82. The molecule has 0 atom stereocenters. The molecule has 2 rings (SSSR count). The van der Waals surface area contributed by atoms with Crippen LogP contribution in [-0.4, -0.2) is 25.2 Å². The van der Waals surface area contributed by atoms with Crippen molar-refractivity contribution in [3.63, 3.8) is 0 Å². The summed E-state index contributed by atoms with van der Waals surface area (Å²) in [6, 6.07) is 2.10. The molecule has 7 heteroatoms. The first-order chi connectivity index (χ1) is 9.38. The van der Waals surface area contributed by atoms with E-state index in [1.807, 2.05) is 0 Å². The summed E-state index contributed by atoms with van der Waals surface area (Å²) in [5.41, 5.74) is -1.64. The molecule has 1 amide bonds. The van der Waals surface area contributed by atoms with Crippen LogP contribution in [0.2, 0.25) is 0 Å². The SMILES string of the molecule is O=C(NC1CCOCC1)c1ccc(F)c(C(F)(F)F)c1. The number of hydrogen-bond acceptors (Lipinski definition) is 2. The van der Waals surface area contributed by atoms with Crippen LogP contribution in [0, 0.1) is 5.82 Å². The average molecular weight is 291 g/mol. The summed E-state index contributed by atoms with van der Waals surface area (Å²) in [4.78, 5) is 11.9. The van der Waals surface area contributed by atoms with E-state index in [0.29, 0.717) is 38.2 Å². The minimum Gasteiger partial charge on any atom is -0.381 e. The van der Waals surface area contributed by atoms with Gasteiger partial charge in [0.15, 0.2) is 0 Å². The maximum Gasteiger partial charge on any atom is 0.419 e. The second-order valence-corrected chi connectivity index (χ2v) is 4.55. The van der Waals surface area contributed by atoms with Crippen LogP contribution in [0.4, 0.5) is 17.6 Å². The van der Waals surface area contributed by atoms with Crippen molar-refractivity contribution in [1.82, 2.24) is 5.32 Å². The molecule has 1 N–H and O–H groups in total. The average Bonchev–Trinajstić information content (AvgIpc) is 2.39. The van der Waals surface area contributed by atoms with Gasteiger partial charge in [-0.25, -0.2) is 4.39 Å². The largest absolute Gasteiger partial charge is 0.419 e. The van der Waals surface area contributed by atoms with Crippen LogP contribution in [0.3, 0.4) is 0 Å². The second kappa shape index (κ2) is 5.78. The van der Waals surface area contributed by atoms with Gasteiger partial charge in [-0.1, -0.05) is 0 Å². The van der Waals surface area contributed by atoms with Crippen LogP contribution in [-0.2, 0) is 10.9 Å². The summed E-state index contributed by atoms with van der Waals surface area (Å²) in [6.45, 7) is 1.00. The molecule has 0 saturated carbocycles. The number of halogens is 4. The summed E-state index contributed by atoms with van der Waals surface area (Å²) in [6.07, 6.45) is -3.60. The zero-order chi connectivity index (χ0) is 14.8. The lowest BCUT2D eigenvalue weighted by Crippen LogP contribution is -2.39. The number of amides is 1. The van der Waals surface area contributed by atoms with E-state index in [4.69, 9.17) is 4.74 Å². The van der Waals surface area contributed by atoms with E-state index in [0.717, 1.165) is 6.07 Å². The number of carbonyl (C=O) groups is 1. The molecule has 0 unspecified atom stereocenters. The number of hydrogen-bond donors (Lipinski definition) is 1. The van der Waals surface area contributed by atoms with Gasteiger partial charge in [0.1, 0.15) is 5.82 Å². The van der Waals surface area contributed by atoms with E-state index in [1.165, 1.54) is 0 Å². The number of rotatable bonds is 2. The molecule has 110 valence electrons. The van der Waals surface area contributed by atoms with Crippen molar-refractivity contribution in [2.24, 2.45) is 0 Å². The van der Waals surface area contributed by atoms with E-state index in [1.54, 1.807) is 0 Å². The highest BCUT2D eigenvalue weighted by Gasteiger charge is 2.34. The molecule has 1 aliphatic rings. The Morgan fingerprint density at radius 3 is 2.50 bits per heavy atom. The van der Waals surface area contributed by atoms with Gasteiger partial charge in [0.2, 0.25) is 0 Å². The third-order valence-corrected chi connectivity index (χ3v) is 3.09. The highest BCUT2D eigenvalue weighted by atomic mass is 19.4. The van der Waals surface area contributed by atoms with Gasteiger partial charge in [-0.05, 0) is 31.0 Å². The maximum absolute atomic E-state index is 13.1. The number of ether oxygens (including phenoxy) is 1. The van der Waals surface area contributed by atoms with E-state index in [-0.39, 0.29) is 11.6 Å². The van der Waals surface area contributed by atoms with E-state index >= 15 is 0 Å². The minimum absolute atomic E-state index is 0.129. The molecule has 1 aliphatic heterocycles. The normalized spacial score (nSPS) is 17.0. The van der Waals surface area contributed by atoms with E-state index in [2.05, 4.69) is 5.32 Å². The molecule has 1 aromatic carbocycles. The third-order valence-electron chi connectivity index (χ3n) is 3.09. The fourth-order valence-electron chi connectivity index (χ4n) is 1.99. The first kappa shape index (κ1) is 14.8. The van der Waals surface area contributed by atoms with Gasteiger partial charge >= 0.3 is 6.18 Å². The van der Waals surface area contributed by atoms with Crippen molar-refractivity contribution in [3.05, 3.63) is 35.1 Å². The van der Waals surface area contributed by atoms with Gasteiger partial charge < -0.3 is 10.1 Å². The Hall–Kier alpha value is -1.63. The molecule has 0 aliphatic carbocycles. The summed E-state index contributed by atoms with van der Waals surface area (Å²) >= 11 is 0. The van der Waals surface area contributed by atoms with E-state index < -0.39 is 23.5 Å². The fourth-order valence-corrected chi connectivity index (χ4v) is 1.99. The van der Waals surface area contributed by atoms with Crippen molar-refractivity contribution in [2.75, 3.05) is 13.2 Å².